The van der Waals surface area contributed by atoms with Gasteiger partial charge in [0.15, 0.2) is 0 Å². The van der Waals surface area contributed by atoms with Crippen molar-refractivity contribution in [1.82, 2.24) is 4.90 Å². The minimum absolute atomic E-state index is 0.339. The number of nitrogens with zero attached hydrogens (tertiary/aromatic N) is 1. The van der Waals surface area contributed by atoms with Crippen LogP contribution in [0.3, 0.4) is 0 Å². The monoisotopic (exact) mass is 307 g/mol. The molecule has 2 aliphatic rings. The summed E-state index contributed by atoms with van der Waals surface area (Å²) in [5.74, 6) is 3.69. The Morgan fingerprint density at radius 2 is 1.27 bits per heavy atom. The van der Waals surface area contributed by atoms with Crippen LogP contribution in [0.15, 0.2) is 0 Å². The third-order valence-electron chi connectivity index (χ3n) is 7.24. The quantitative estimate of drug-likeness (QED) is 0.520. The fourth-order valence-corrected chi connectivity index (χ4v) is 5.68. The molecule has 1 saturated heterocycles. The van der Waals surface area contributed by atoms with E-state index in [1.807, 2.05) is 0 Å². The molecule has 0 radical (unpaired) electrons. The number of hydrogen-bond acceptors (Lipinski definition) is 1. The van der Waals surface area contributed by atoms with E-state index in [0.717, 1.165) is 23.7 Å². The van der Waals surface area contributed by atoms with Gasteiger partial charge in [0.1, 0.15) is 0 Å². The van der Waals surface area contributed by atoms with Crippen molar-refractivity contribution in [2.75, 3.05) is 7.05 Å². The molecule has 1 aliphatic carbocycles. The predicted molar refractivity (Wildman–Crippen MR) is 98.2 cm³/mol. The lowest BCUT2D eigenvalue weighted by Gasteiger charge is -2.41. The van der Waals surface area contributed by atoms with Gasteiger partial charge in [0, 0.05) is 11.6 Å². The summed E-state index contributed by atoms with van der Waals surface area (Å²) >= 11 is 0. The highest BCUT2D eigenvalue weighted by molar-refractivity contribution is 4.92. The Labute approximate surface area is 140 Å². The lowest BCUT2D eigenvalue weighted by atomic mass is 9.69. The van der Waals surface area contributed by atoms with Crippen molar-refractivity contribution in [1.29, 1.82) is 0 Å². The van der Waals surface area contributed by atoms with Crippen LogP contribution in [-0.4, -0.2) is 23.5 Å². The molecule has 1 heterocycles. The van der Waals surface area contributed by atoms with Gasteiger partial charge in [-0.1, -0.05) is 46.0 Å². The van der Waals surface area contributed by atoms with Gasteiger partial charge < -0.3 is 0 Å². The molecule has 130 valence electrons. The van der Waals surface area contributed by atoms with E-state index in [0.29, 0.717) is 11.6 Å². The van der Waals surface area contributed by atoms with Gasteiger partial charge in [-0.25, -0.2) is 0 Å². The van der Waals surface area contributed by atoms with E-state index < -0.39 is 0 Å². The Bertz CT molecular complexity index is 335. The van der Waals surface area contributed by atoms with Crippen LogP contribution in [0.5, 0.6) is 0 Å². The van der Waals surface area contributed by atoms with Crippen LogP contribution in [-0.2, 0) is 0 Å². The van der Waals surface area contributed by atoms with Crippen LogP contribution in [0.4, 0.5) is 0 Å². The molecule has 0 spiro atoms. The molecule has 0 N–H and O–H groups in total. The molecular weight excluding hydrogens is 266 g/mol. The summed E-state index contributed by atoms with van der Waals surface area (Å²) in [7, 11) is 2.36. The van der Waals surface area contributed by atoms with Gasteiger partial charge in [-0.3, -0.25) is 4.90 Å². The van der Waals surface area contributed by atoms with E-state index >= 15 is 0 Å². The molecule has 1 nitrogen and oxygen atoms in total. The first-order valence-electron chi connectivity index (χ1n) is 10.1. The van der Waals surface area contributed by atoms with E-state index in [-0.39, 0.29) is 0 Å². The normalized spacial score (nSPS) is 42.0. The molecule has 22 heavy (non-hydrogen) atoms. The summed E-state index contributed by atoms with van der Waals surface area (Å²) in [6, 6.07) is 0.712. The summed E-state index contributed by atoms with van der Waals surface area (Å²) in [6.45, 7) is 12.5. The standard InChI is InChI=1S/C21H41N/c1-16-14-18(3)22(6)21(4,5)15-17(2)20-13-11-9-7-8-10-12-19(16)20/h16-20H,7-15H2,1-6H3. The predicted octanol–water partition coefficient (Wildman–Crippen LogP) is 6.13. The topological polar surface area (TPSA) is 3.24 Å². The van der Waals surface area contributed by atoms with E-state index in [4.69, 9.17) is 0 Å². The fraction of sp³-hybridized carbons (Fsp3) is 1.00. The van der Waals surface area contributed by atoms with Crippen molar-refractivity contribution < 1.29 is 0 Å². The van der Waals surface area contributed by atoms with Gasteiger partial charge in [0.25, 0.3) is 0 Å². The van der Waals surface area contributed by atoms with Crippen molar-refractivity contribution in [3.05, 3.63) is 0 Å². The molecule has 1 aliphatic heterocycles. The highest BCUT2D eigenvalue weighted by atomic mass is 15.2. The van der Waals surface area contributed by atoms with Crippen LogP contribution in [0.2, 0.25) is 0 Å². The van der Waals surface area contributed by atoms with Crippen molar-refractivity contribution in [3.8, 4) is 0 Å². The van der Waals surface area contributed by atoms with E-state index in [1.54, 1.807) is 0 Å². The molecule has 5 atom stereocenters. The SMILES string of the molecule is CC1CC(C)N(C)C(C)(C)CC(C)C2CCCCCCCC12. The second-order valence-electron chi connectivity index (χ2n) is 9.34. The van der Waals surface area contributed by atoms with E-state index in [2.05, 4.69) is 46.6 Å². The molecule has 0 bridgehead atoms. The maximum atomic E-state index is 2.67. The summed E-state index contributed by atoms with van der Waals surface area (Å²) in [5, 5.41) is 0. The molecular formula is C21H41N. The van der Waals surface area contributed by atoms with Gasteiger partial charge in [0.05, 0.1) is 0 Å². The first-order chi connectivity index (χ1) is 10.3. The summed E-state index contributed by atoms with van der Waals surface area (Å²) in [4.78, 5) is 2.67. The van der Waals surface area contributed by atoms with Gasteiger partial charge in [-0.15, -0.1) is 0 Å². The number of fused-ring (bicyclic) bond motifs is 1. The van der Waals surface area contributed by atoms with Gasteiger partial charge in [0.2, 0.25) is 0 Å². The minimum Gasteiger partial charge on any atom is -0.299 e. The lowest BCUT2D eigenvalue weighted by molar-refractivity contribution is 0.0787. The van der Waals surface area contributed by atoms with Crippen LogP contribution < -0.4 is 0 Å². The molecule has 5 unspecified atom stereocenters. The van der Waals surface area contributed by atoms with E-state index in [1.165, 1.54) is 57.8 Å². The summed E-state index contributed by atoms with van der Waals surface area (Å²) in [6.07, 6.45) is 13.1. The number of rotatable bonds is 0. The molecule has 0 amide bonds. The van der Waals surface area contributed by atoms with Crippen molar-refractivity contribution >= 4 is 0 Å². The lowest BCUT2D eigenvalue weighted by Crippen LogP contribution is -2.47. The largest absolute Gasteiger partial charge is 0.299 e. The van der Waals surface area contributed by atoms with Gasteiger partial charge in [-0.05, 0) is 77.2 Å². The van der Waals surface area contributed by atoms with Crippen LogP contribution in [0, 0.1) is 23.7 Å². The average molecular weight is 308 g/mol. The summed E-state index contributed by atoms with van der Waals surface area (Å²) in [5.41, 5.74) is 0.339. The Hall–Kier alpha value is -0.0400. The second-order valence-corrected chi connectivity index (χ2v) is 9.34. The smallest absolute Gasteiger partial charge is 0.0155 e. The van der Waals surface area contributed by atoms with Crippen molar-refractivity contribution in [2.24, 2.45) is 23.7 Å². The molecule has 2 rings (SSSR count). The maximum absolute atomic E-state index is 2.67. The number of hydrogen-bond donors (Lipinski definition) is 0. The zero-order valence-electron chi connectivity index (χ0n) is 16.2. The van der Waals surface area contributed by atoms with Crippen molar-refractivity contribution in [2.45, 2.75) is 104 Å². The zero-order valence-corrected chi connectivity index (χ0v) is 16.2. The second kappa shape index (κ2) is 7.69. The Kier molecular flexibility index (Phi) is 6.39. The maximum Gasteiger partial charge on any atom is 0.0155 e. The Morgan fingerprint density at radius 1 is 0.773 bits per heavy atom. The Morgan fingerprint density at radius 3 is 1.86 bits per heavy atom. The highest BCUT2D eigenvalue weighted by Gasteiger charge is 2.39. The highest BCUT2D eigenvalue weighted by Crippen LogP contribution is 2.43. The molecule has 1 heteroatoms. The third-order valence-corrected chi connectivity index (χ3v) is 7.24. The third kappa shape index (κ3) is 4.28. The summed E-state index contributed by atoms with van der Waals surface area (Å²) < 4.78 is 0. The molecule has 0 aromatic carbocycles. The average Bonchev–Trinajstić information content (AvgIpc) is 2.57. The van der Waals surface area contributed by atoms with E-state index in [9.17, 15) is 0 Å². The first kappa shape index (κ1) is 18.3. The van der Waals surface area contributed by atoms with Crippen LogP contribution in [0.1, 0.15) is 92.4 Å². The Balaban J connectivity index is 2.26. The van der Waals surface area contributed by atoms with Gasteiger partial charge >= 0.3 is 0 Å². The molecule has 1 saturated carbocycles. The van der Waals surface area contributed by atoms with Gasteiger partial charge in [-0.2, -0.15) is 0 Å². The van der Waals surface area contributed by atoms with Crippen LogP contribution >= 0.6 is 0 Å². The fourth-order valence-electron chi connectivity index (χ4n) is 5.68. The van der Waals surface area contributed by atoms with Crippen LogP contribution in [0.25, 0.3) is 0 Å². The molecule has 0 aromatic rings. The zero-order chi connectivity index (χ0) is 16.3. The molecule has 0 aromatic heterocycles. The minimum atomic E-state index is 0.339. The first-order valence-corrected chi connectivity index (χ1v) is 10.1. The molecule has 2 fully saturated rings. The van der Waals surface area contributed by atoms with Crippen molar-refractivity contribution in [3.63, 3.8) is 0 Å².